The van der Waals surface area contributed by atoms with E-state index < -0.39 is 23.9 Å². The van der Waals surface area contributed by atoms with Crippen LogP contribution in [-0.4, -0.2) is 29.8 Å². The summed E-state index contributed by atoms with van der Waals surface area (Å²) in [7, 11) is 0. The van der Waals surface area contributed by atoms with Crippen molar-refractivity contribution in [3.63, 3.8) is 0 Å². The number of hydrogen-bond acceptors (Lipinski definition) is 3. The van der Waals surface area contributed by atoms with Crippen LogP contribution in [0.1, 0.15) is 0 Å². The molecule has 2 rings (SSSR count). The van der Waals surface area contributed by atoms with Gasteiger partial charge >= 0.3 is 6.09 Å². The van der Waals surface area contributed by atoms with Gasteiger partial charge in [-0.15, -0.1) is 0 Å². The second-order valence-electron chi connectivity index (χ2n) is 3.44. The SMILES string of the molecule is O=C(O)N[C@H]1COc2ccc(F)cc2NC1=O. The molecule has 0 aliphatic carbocycles. The molecule has 0 bridgehead atoms. The van der Waals surface area contributed by atoms with Gasteiger partial charge < -0.3 is 20.5 Å². The Balaban J connectivity index is 2.22. The highest BCUT2D eigenvalue weighted by Crippen LogP contribution is 2.27. The van der Waals surface area contributed by atoms with Gasteiger partial charge in [-0.2, -0.15) is 0 Å². The number of rotatable bonds is 1. The van der Waals surface area contributed by atoms with Crippen LogP contribution in [0.5, 0.6) is 5.75 Å². The maximum Gasteiger partial charge on any atom is 0.405 e. The van der Waals surface area contributed by atoms with E-state index in [2.05, 4.69) is 5.32 Å². The molecule has 0 fully saturated rings. The molecule has 0 saturated carbocycles. The Morgan fingerprint density at radius 2 is 2.35 bits per heavy atom. The number of carbonyl (C=O) groups excluding carboxylic acids is 1. The fourth-order valence-electron chi connectivity index (χ4n) is 1.45. The first-order valence-corrected chi connectivity index (χ1v) is 4.79. The molecular formula is C10H9FN2O4. The minimum absolute atomic E-state index is 0.142. The van der Waals surface area contributed by atoms with Crippen molar-refractivity contribution in [2.24, 2.45) is 0 Å². The molecule has 3 N–H and O–H groups in total. The summed E-state index contributed by atoms with van der Waals surface area (Å²) in [6, 6.07) is 2.64. The lowest BCUT2D eigenvalue weighted by Crippen LogP contribution is -2.45. The Bertz CT molecular complexity index is 477. The molecule has 1 aliphatic heterocycles. The van der Waals surface area contributed by atoms with E-state index in [9.17, 15) is 14.0 Å². The molecule has 0 aromatic heterocycles. The predicted molar refractivity (Wildman–Crippen MR) is 55.5 cm³/mol. The lowest BCUT2D eigenvalue weighted by molar-refractivity contribution is -0.118. The average Bonchev–Trinajstić information content (AvgIpc) is 2.38. The summed E-state index contributed by atoms with van der Waals surface area (Å²) in [4.78, 5) is 22.0. The van der Waals surface area contributed by atoms with Crippen molar-refractivity contribution in [1.82, 2.24) is 5.32 Å². The van der Waals surface area contributed by atoms with Gasteiger partial charge in [0, 0.05) is 6.07 Å². The first kappa shape index (κ1) is 11.2. The van der Waals surface area contributed by atoms with Crippen LogP contribution in [0.25, 0.3) is 0 Å². The van der Waals surface area contributed by atoms with Gasteiger partial charge in [0.25, 0.3) is 5.91 Å². The molecule has 7 heteroatoms. The molecular weight excluding hydrogens is 231 g/mol. The van der Waals surface area contributed by atoms with Gasteiger partial charge in [-0.1, -0.05) is 0 Å². The lowest BCUT2D eigenvalue weighted by Gasteiger charge is -2.11. The van der Waals surface area contributed by atoms with Crippen LogP contribution in [0, 0.1) is 5.82 Å². The minimum Gasteiger partial charge on any atom is -0.489 e. The van der Waals surface area contributed by atoms with Crippen molar-refractivity contribution in [2.75, 3.05) is 11.9 Å². The number of carboxylic acid groups (broad SMARTS) is 1. The summed E-state index contributed by atoms with van der Waals surface area (Å²) < 4.78 is 18.2. The number of carbonyl (C=O) groups is 2. The van der Waals surface area contributed by atoms with Gasteiger partial charge in [0.1, 0.15) is 24.2 Å². The number of nitrogens with one attached hydrogen (secondary N) is 2. The van der Waals surface area contributed by atoms with E-state index in [4.69, 9.17) is 9.84 Å². The van der Waals surface area contributed by atoms with Gasteiger partial charge in [0.2, 0.25) is 0 Å². The Kier molecular flexibility index (Phi) is 2.82. The van der Waals surface area contributed by atoms with Crippen molar-refractivity contribution in [1.29, 1.82) is 0 Å². The van der Waals surface area contributed by atoms with Gasteiger partial charge in [-0.25, -0.2) is 9.18 Å². The van der Waals surface area contributed by atoms with Gasteiger partial charge in [0.15, 0.2) is 0 Å². The molecule has 17 heavy (non-hydrogen) atoms. The zero-order valence-electron chi connectivity index (χ0n) is 8.57. The zero-order valence-corrected chi connectivity index (χ0v) is 8.57. The number of benzene rings is 1. The molecule has 1 atom stereocenters. The average molecular weight is 240 g/mol. The maximum absolute atomic E-state index is 12.9. The summed E-state index contributed by atoms with van der Waals surface area (Å²) in [6.45, 7) is -0.142. The first-order chi connectivity index (χ1) is 8.06. The molecule has 1 aromatic carbocycles. The summed E-state index contributed by atoms with van der Waals surface area (Å²) >= 11 is 0. The summed E-state index contributed by atoms with van der Waals surface area (Å²) in [5.74, 6) is -0.802. The maximum atomic E-state index is 12.9. The lowest BCUT2D eigenvalue weighted by atomic mass is 10.2. The van der Waals surface area contributed by atoms with E-state index in [1.54, 1.807) is 0 Å². The number of halogens is 1. The van der Waals surface area contributed by atoms with Gasteiger partial charge in [0.05, 0.1) is 5.69 Å². The van der Waals surface area contributed by atoms with E-state index in [-0.39, 0.29) is 12.3 Å². The normalized spacial score (nSPS) is 18.4. The predicted octanol–water partition coefficient (Wildman–Crippen LogP) is 0.793. The second kappa shape index (κ2) is 4.28. The van der Waals surface area contributed by atoms with Gasteiger partial charge in [-0.05, 0) is 12.1 Å². The molecule has 1 aromatic rings. The number of ether oxygens (including phenoxy) is 1. The van der Waals surface area contributed by atoms with Crippen LogP contribution in [0.15, 0.2) is 18.2 Å². The molecule has 0 saturated heterocycles. The Hall–Kier alpha value is -2.31. The summed E-state index contributed by atoms with van der Waals surface area (Å²) in [5, 5.41) is 12.9. The molecule has 1 aliphatic rings. The van der Waals surface area contributed by atoms with E-state index in [0.717, 1.165) is 6.07 Å². The fourth-order valence-corrected chi connectivity index (χ4v) is 1.45. The summed E-state index contributed by atoms with van der Waals surface area (Å²) in [5.41, 5.74) is 0.185. The highest BCUT2D eigenvalue weighted by atomic mass is 19.1. The fraction of sp³-hybridized carbons (Fsp3) is 0.200. The van der Waals surface area contributed by atoms with E-state index in [0.29, 0.717) is 5.75 Å². The van der Waals surface area contributed by atoms with Crippen LogP contribution in [0.4, 0.5) is 14.9 Å². The third-order valence-corrected chi connectivity index (χ3v) is 2.22. The number of fused-ring (bicyclic) bond motifs is 1. The third-order valence-electron chi connectivity index (χ3n) is 2.22. The molecule has 90 valence electrons. The molecule has 6 nitrogen and oxygen atoms in total. The molecule has 0 spiro atoms. The van der Waals surface area contributed by atoms with Crippen molar-refractivity contribution in [3.05, 3.63) is 24.0 Å². The topological polar surface area (TPSA) is 87.7 Å². The second-order valence-corrected chi connectivity index (χ2v) is 3.44. The van der Waals surface area contributed by atoms with E-state index in [1.165, 1.54) is 12.1 Å². The van der Waals surface area contributed by atoms with Crippen molar-refractivity contribution >= 4 is 17.7 Å². The highest BCUT2D eigenvalue weighted by Gasteiger charge is 2.26. The van der Waals surface area contributed by atoms with Crippen molar-refractivity contribution in [2.45, 2.75) is 6.04 Å². The standard InChI is InChI=1S/C10H9FN2O4/c11-5-1-2-8-6(3-5)12-9(14)7(4-17-8)13-10(15)16/h1-3,7,13H,4H2,(H,12,14)(H,15,16)/t7-/m0/s1. The molecule has 0 radical (unpaired) electrons. The van der Waals surface area contributed by atoms with Crippen molar-refractivity contribution < 1.29 is 23.8 Å². The molecule has 2 amide bonds. The molecule has 1 heterocycles. The third kappa shape index (κ3) is 2.44. The summed E-state index contributed by atoms with van der Waals surface area (Å²) in [6.07, 6.45) is -1.33. The van der Waals surface area contributed by atoms with Crippen LogP contribution >= 0.6 is 0 Å². The first-order valence-electron chi connectivity index (χ1n) is 4.79. The van der Waals surface area contributed by atoms with Crippen LogP contribution in [-0.2, 0) is 4.79 Å². The smallest absolute Gasteiger partial charge is 0.405 e. The van der Waals surface area contributed by atoms with E-state index >= 15 is 0 Å². The van der Waals surface area contributed by atoms with Crippen LogP contribution in [0.2, 0.25) is 0 Å². The number of hydrogen-bond donors (Lipinski definition) is 3. The Morgan fingerprint density at radius 3 is 3.06 bits per heavy atom. The van der Waals surface area contributed by atoms with Gasteiger partial charge in [-0.3, -0.25) is 4.79 Å². The minimum atomic E-state index is -1.33. The number of amides is 2. The quantitative estimate of drug-likeness (QED) is 0.677. The van der Waals surface area contributed by atoms with Crippen molar-refractivity contribution in [3.8, 4) is 5.75 Å². The largest absolute Gasteiger partial charge is 0.489 e. The van der Waals surface area contributed by atoms with E-state index in [1.807, 2.05) is 5.32 Å². The highest BCUT2D eigenvalue weighted by molar-refractivity contribution is 5.98. The molecule has 0 unspecified atom stereocenters. The zero-order chi connectivity index (χ0) is 12.4. The van der Waals surface area contributed by atoms with Crippen LogP contribution in [0.3, 0.4) is 0 Å². The monoisotopic (exact) mass is 240 g/mol. The van der Waals surface area contributed by atoms with Crippen LogP contribution < -0.4 is 15.4 Å². The Labute approximate surface area is 95.4 Å². The Morgan fingerprint density at radius 1 is 1.59 bits per heavy atom. The number of anilines is 1.